The highest BCUT2D eigenvalue weighted by Gasteiger charge is 2.39. The Morgan fingerprint density at radius 2 is 2.19 bits per heavy atom. The van der Waals surface area contributed by atoms with E-state index in [0.29, 0.717) is 5.54 Å². The van der Waals surface area contributed by atoms with Crippen LogP contribution in [0, 0.1) is 0 Å². The largest absolute Gasteiger partial charge is 0.380 e. The van der Waals surface area contributed by atoms with Gasteiger partial charge in [-0.1, -0.05) is 6.92 Å². The predicted octanol–water partition coefficient (Wildman–Crippen LogP) is 1.63. The van der Waals surface area contributed by atoms with E-state index in [1.807, 2.05) is 0 Å². The first-order valence-electron chi connectivity index (χ1n) is 6.66. The average molecular weight is 226 g/mol. The van der Waals surface area contributed by atoms with Crippen LogP contribution in [-0.4, -0.2) is 48.8 Å². The van der Waals surface area contributed by atoms with Crippen molar-refractivity contribution in [1.29, 1.82) is 0 Å². The Balaban J connectivity index is 2.03. The summed E-state index contributed by atoms with van der Waals surface area (Å²) in [5.74, 6) is 0. The molecule has 3 heteroatoms. The second-order valence-electron chi connectivity index (χ2n) is 5.92. The minimum atomic E-state index is 0.275. The van der Waals surface area contributed by atoms with Gasteiger partial charge in [0, 0.05) is 37.3 Å². The molecule has 0 aromatic heterocycles. The minimum Gasteiger partial charge on any atom is -0.380 e. The van der Waals surface area contributed by atoms with Crippen LogP contribution < -0.4 is 5.32 Å². The van der Waals surface area contributed by atoms with Crippen LogP contribution in [0.25, 0.3) is 0 Å². The van der Waals surface area contributed by atoms with E-state index in [4.69, 9.17) is 4.74 Å². The van der Waals surface area contributed by atoms with Crippen molar-refractivity contribution in [2.45, 2.75) is 51.1 Å². The van der Waals surface area contributed by atoms with Gasteiger partial charge in [-0.25, -0.2) is 0 Å². The van der Waals surface area contributed by atoms with E-state index in [-0.39, 0.29) is 5.54 Å². The standard InChI is InChI=1S/C13H26N2O/c1-4-12(2)10-15(8-7-14-12)13(3)6-5-9-16-11-13/h14H,4-11H2,1-3H3. The molecule has 2 aliphatic heterocycles. The van der Waals surface area contributed by atoms with E-state index in [1.165, 1.54) is 19.3 Å². The number of nitrogens with one attached hydrogen (secondary N) is 1. The van der Waals surface area contributed by atoms with Gasteiger partial charge in [-0.15, -0.1) is 0 Å². The van der Waals surface area contributed by atoms with Crippen molar-refractivity contribution in [1.82, 2.24) is 10.2 Å². The van der Waals surface area contributed by atoms with Gasteiger partial charge in [0.15, 0.2) is 0 Å². The highest BCUT2D eigenvalue weighted by Crippen LogP contribution is 2.29. The summed E-state index contributed by atoms with van der Waals surface area (Å²) < 4.78 is 5.68. The predicted molar refractivity (Wildman–Crippen MR) is 66.7 cm³/mol. The lowest BCUT2D eigenvalue weighted by Gasteiger charge is -2.50. The van der Waals surface area contributed by atoms with E-state index < -0.39 is 0 Å². The topological polar surface area (TPSA) is 24.5 Å². The van der Waals surface area contributed by atoms with Gasteiger partial charge in [0.25, 0.3) is 0 Å². The third kappa shape index (κ3) is 2.41. The van der Waals surface area contributed by atoms with E-state index in [1.54, 1.807) is 0 Å². The van der Waals surface area contributed by atoms with Crippen LogP contribution >= 0.6 is 0 Å². The molecule has 2 rings (SSSR count). The lowest BCUT2D eigenvalue weighted by molar-refractivity contribution is -0.0589. The molecule has 0 aromatic carbocycles. The molecule has 2 saturated heterocycles. The lowest BCUT2D eigenvalue weighted by atomic mass is 9.87. The second-order valence-corrected chi connectivity index (χ2v) is 5.92. The number of hydrogen-bond donors (Lipinski definition) is 1. The van der Waals surface area contributed by atoms with Gasteiger partial charge >= 0.3 is 0 Å². The highest BCUT2D eigenvalue weighted by atomic mass is 16.5. The number of piperazine rings is 1. The number of hydrogen-bond acceptors (Lipinski definition) is 3. The molecule has 0 radical (unpaired) electrons. The van der Waals surface area contributed by atoms with Gasteiger partial charge in [0.2, 0.25) is 0 Å². The van der Waals surface area contributed by atoms with Crippen LogP contribution in [0.4, 0.5) is 0 Å². The van der Waals surface area contributed by atoms with Gasteiger partial charge in [0.05, 0.1) is 6.61 Å². The van der Waals surface area contributed by atoms with Crippen LogP contribution in [0.2, 0.25) is 0 Å². The van der Waals surface area contributed by atoms with Crippen molar-refractivity contribution < 1.29 is 4.74 Å². The fourth-order valence-corrected chi connectivity index (χ4v) is 2.92. The fourth-order valence-electron chi connectivity index (χ4n) is 2.92. The van der Waals surface area contributed by atoms with Crippen molar-refractivity contribution >= 4 is 0 Å². The van der Waals surface area contributed by atoms with Gasteiger partial charge in [0.1, 0.15) is 0 Å². The Bertz CT molecular complexity index is 238. The molecule has 2 aliphatic rings. The quantitative estimate of drug-likeness (QED) is 0.774. The normalized spacial score (nSPS) is 42.2. The van der Waals surface area contributed by atoms with Crippen LogP contribution in [0.1, 0.15) is 40.0 Å². The molecule has 2 fully saturated rings. The van der Waals surface area contributed by atoms with Crippen molar-refractivity contribution in [3.63, 3.8) is 0 Å². The molecule has 16 heavy (non-hydrogen) atoms. The van der Waals surface area contributed by atoms with E-state index in [9.17, 15) is 0 Å². The Kier molecular flexibility index (Phi) is 3.57. The summed E-state index contributed by atoms with van der Waals surface area (Å²) in [6, 6.07) is 0. The summed E-state index contributed by atoms with van der Waals surface area (Å²) in [6.07, 6.45) is 3.69. The molecule has 0 bridgehead atoms. The first-order valence-corrected chi connectivity index (χ1v) is 6.66. The molecule has 2 unspecified atom stereocenters. The minimum absolute atomic E-state index is 0.275. The van der Waals surface area contributed by atoms with E-state index in [0.717, 1.165) is 32.8 Å². The van der Waals surface area contributed by atoms with E-state index in [2.05, 4.69) is 31.0 Å². The summed E-state index contributed by atoms with van der Waals surface area (Å²) in [5.41, 5.74) is 0.565. The number of rotatable bonds is 2. The molecule has 0 saturated carbocycles. The van der Waals surface area contributed by atoms with Crippen LogP contribution in [-0.2, 0) is 4.74 Å². The van der Waals surface area contributed by atoms with Crippen LogP contribution in [0.5, 0.6) is 0 Å². The maximum Gasteiger partial charge on any atom is 0.0647 e. The van der Waals surface area contributed by atoms with Crippen LogP contribution in [0.15, 0.2) is 0 Å². The van der Waals surface area contributed by atoms with Crippen molar-refractivity contribution in [2.75, 3.05) is 32.8 Å². The average Bonchev–Trinajstić information content (AvgIpc) is 2.30. The lowest BCUT2D eigenvalue weighted by Crippen LogP contribution is -2.65. The SMILES string of the molecule is CCC1(C)CN(C2(C)CCCOC2)CCN1. The smallest absolute Gasteiger partial charge is 0.0647 e. The summed E-state index contributed by atoms with van der Waals surface area (Å²) in [4.78, 5) is 2.64. The third-order valence-electron chi connectivity index (χ3n) is 4.43. The molecule has 0 spiro atoms. The molecule has 2 heterocycles. The summed E-state index contributed by atoms with van der Waals surface area (Å²) >= 11 is 0. The summed E-state index contributed by atoms with van der Waals surface area (Å²) in [5, 5.41) is 3.65. The van der Waals surface area contributed by atoms with Gasteiger partial charge < -0.3 is 10.1 Å². The Hall–Kier alpha value is -0.120. The Labute approximate surface area is 99.5 Å². The Morgan fingerprint density at radius 3 is 2.81 bits per heavy atom. The van der Waals surface area contributed by atoms with Crippen molar-refractivity contribution in [2.24, 2.45) is 0 Å². The first kappa shape index (κ1) is 12.3. The van der Waals surface area contributed by atoms with Crippen molar-refractivity contribution in [3.8, 4) is 0 Å². The van der Waals surface area contributed by atoms with Gasteiger partial charge in [-0.05, 0) is 33.1 Å². The zero-order valence-corrected chi connectivity index (χ0v) is 11.0. The second kappa shape index (κ2) is 4.63. The zero-order chi connectivity index (χ0) is 11.6. The zero-order valence-electron chi connectivity index (χ0n) is 11.0. The van der Waals surface area contributed by atoms with Gasteiger partial charge in [-0.3, -0.25) is 4.90 Å². The molecule has 2 atom stereocenters. The van der Waals surface area contributed by atoms with Gasteiger partial charge in [-0.2, -0.15) is 0 Å². The molecule has 94 valence electrons. The highest BCUT2D eigenvalue weighted by molar-refractivity contribution is 4.97. The first-order chi connectivity index (χ1) is 7.58. The summed E-state index contributed by atoms with van der Waals surface area (Å²) in [6.45, 7) is 12.3. The third-order valence-corrected chi connectivity index (χ3v) is 4.43. The molecule has 0 aliphatic carbocycles. The van der Waals surface area contributed by atoms with Crippen LogP contribution in [0.3, 0.4) is 0 Å². The van der Waals surface area contributed by atoms with E-state index >= 15 is 0 Å². The molecular formula is C13H26N2O. The monoisotopic (exact) mass is 226 g/mol. The maximum absolute atomic E-state index is 5.68. The molecule has 0 aromatic rings. The number of nitrogens with zero attached hydrogens (tertiary/aromatic N) is 1. The maximum atomic E-state index is 5.68. The Morgan fingerprint density at radius 1 is 1.38 bits per heavy atom. The molecular weight excluding hydrogens is 200 g/mol. The summed E-state index contributed by atoms with van der Waals surface area (Å²) in [7, 11) is 0. The fraction of sp³-hybridized carbons (Fsp3) is 1.00. The van der Waals surface area contributed by atoms with Crippen molar-refractivity contribution in [3.05, 3.63) is 0 Å². The molecule has 3 nitrogen and oxygen atoms in total. The molecule has 1 N–H and O–H groups in total. The number of ether oxygens (including phenoxy) is 1. The molecule has 0 amide bonds.